The number of hydrogen-bond donors (Lipinski definition) is 1. The lowest BCUT2D eigenvalue weighted by Gasteiger charge is -2.12. The van der Waals surface area contributed by atoms with Crippen LogP contribution >= 0.6 is 0 Å². The summed E-state index contributed by atoms with van der Waals surface area (Å²) >= 11 is 0. The Morgan fingerprint density at radius 1 is 1.31 bits per heavy atom. The van der Waals surface area contributed by atoms with Crippen LogP contribution < -0.4 is 0 Å². The first kappa shape index (κ1) is 15.1. The van der Waals surface area contributed by atoms with E-state index in [4.69, 9.17) is 4.55 Å². The summed E-state index contributed by atoms with van der Waals surface area (Å²) in [5.74, 6) is 0. The fraction of sp³-hybridized carbons (Fsp3) is 1.00. The molecule has 82 valence electrons. The van der Waals surface area contributed by atoms with Gasteiger partial charge in [0.05, 0.1) is 0 Å². The Bertz CT molecular complexity index is 220. The molecule has 0 rings (SSSR count). The number of alkyl halides is 3. The summed E-state index contributed by atoms with van der Waals surface area (Å²) in [6, 6.07) is 0. The maximum Gasteiger partial charge on any atom is 0.415 e. The second-order valence-electron chi connectivity index (χ2n) is 1.71. The van der Waals surface area contributed by atoms with Gasteiger partial charge in [-0.25, -0.2) is 4.18 Å². The van der Waals surface area contributed by atoms with Gasteiger partial charge in [0.1, 0.15) is 0 Å². The highest BCUT2D eigenvalue weighted by Crippen LogP contribution is 2.23. The van der Waals surface area contributed by atoms with E-state index in [-0.39, 0.29) is 0 Å². The number of halogens is 3. The Morgan fingerprint density at radius 3 is 1.69 bits per heavy atom. The molecule has 0 radical (unpaired) electrons. The third kappa shape index (κ3) is 9.57. The molecule has 0 heterocycles. The molecule has 0 aliphatic rings. The monoisotopic (exact) mass is 224 g/mol. The van der Waals surface area contributed by atoms with Gasteiger partial charge in [0.25, 0.3) is 0 Å². The van der Waals surface area contributed by atoms with Crippen LogP contribution in [-0.2, 0) is 14.6 Å². The zero-order chi connectivity index (χ0) is 11.3. The first-order valence-electron chi connectivity index (χ1n) is 3.35. The van der Waals surface area contributed by atoms with Crippen LogP contribution in [0, 0.1) is 0 Å². The lowest BCUT2D eigenvalue weighted by atomic mass is 10.4. The van der Waals surface area contributed by atoms with E-state index in [0.717, 1.165) is 0 Å². The minimum atomic E-state index is -5.03. The Kier molecular flexibility index (Phi) is 6.30. The van der Waals surface area contributed by atoms with Gasteiger partial charge < -0.3 is 0 Å². The molecule has 0 aliphatic carbocycles. The van der Waals surface area contributed by atoms with Crippen molar-refractivity contribution in [2.75, 3.05) is 0 Å². The van der Waals surface area contributed by atoms with E-state index in [0.29, 0.717) is 6.92 Å². The molecule has 1 N–H and O–H groups in total. The average molecular weight is 224 g/mol. The standard InChI is InChI=1S/C3H5F3O4S.C2H6/c1-2(3(4,5)6)10-11(7,8)9;1-2/h2H,1H3,(H,7,8,9);1-2H3. The van der Waals surface area contributed by atoms with Crippen molar-refractivity contribution in [3.05, 3.63) is 0 Å². The molecule has 0 bridgehead atoms. The molecular formula is C5H11F3O4S. The zero-order valence-corrected chi connectivity index (χ0v) is 8.11. The van der Waals surface area contributed by atoms with E-state index in [1.807, 2.05) is 13.8 Å². The normalized spacial score (nSPS) is 14.4. The molecule has 0 aromatic carbocycles. The second-order valence-corrected chi connectivity index (χ2v) is 2.76. The van der Waals surface area contributed by atoms with Gasteiger partial charge in [0.2, 0.25) is 0 Å². The van der Waals surface area contributed by atoms with Gasteiger partial charge >= 0.3 is 16.6 Å². The number of rotatable bonds is 2. The van der Waals surface area contributed by atoms with Crippen molar-refractivity contribution in [3.63, 3.8) is 0 Å². The van der Waals surface area contributed by atoms with Gasteiger partial charge in [-0.1, -0.05) is 13.8 Å². The van der Waals surface area contributed by atoms with Crippen molar-refractivity contribution in [1.29, 1.82) is 0 Å². The van der Waals surface area contributed by atoms with Crippen LogP contribution in [0.4, 0.5) is 13.2 Å². The second kappa shape index (κ2) is 5.40. The average Bonchev–Trinajstić information content (AvgIpc) is 1.86. The summed E-state index contributed by atoms with van der Waals surface area (Å²) in [6.07, 6.45) is -7.33. The topological polar surface area (TPSA) is 63.6 Å². The van der Waals surface area contributed by atoms with Gasteiger partial charge in [0, 0.05) is 0 Å². The summed E-state index contributed by atoms with van der Waals surface area (Å²) in [4.78, 5) is 0. The van der Waals surface area contributed by atoms with Gasteiger partial charge in [-0.2, -0.15) is 21.6 Å². The first-order chi connectivity index (χ1) is 5.63. The summed E-state index contributed by atoms with van der Waals surface area (Å²) < 4.78 is 64.9. The molecule has 8 heteroatoms. The summed E-state index contributed by atoms with van der Waals surface area (Å²) in [5, 5.41) is 0. The molecule has 0 saturated heterocycles. The van der Waals surface area contributed by atoms with Crippen molar-refractivity contribution < 1.29 is 30.3 Å². The molecule has 0 aromatic rings. The molecule has 0 amide bonds. The van der Waals surface area contributed by atoms with Crippen molar-refractivity contribution in [3.8, 4) is 0 Å². The van der Waals surface area contributed by atoms with Crippen LogP contribution in [0.5, 0.6) is 0 Å². The molecule has 0 spiro atoms. The lowest BCUT2D eigenvalue weighted by Crippen LogP contribution is -2.30. The largest absolute Gasteiger partial charge is 0.415 e. The molecule has 0 saturated carbocycles. The fourth-order valence-electron chi connectivity index (χ4n) is 0.237. The van der Waals surface area contributed by atoms with Crippen LogP contribution in [0.25, 0.3) is 0 Å². The Hall–Kier alpha value is -0.340. The van der Waals surface area contributed by atoms with Gasteiger partial charge in [-0.05, 0) is 6.92 Å². The molecule has 0 aromatic heterocycles. The van der Waals surface area contributed by atoms with Crippen LogP contribution in [-0.4, -0.2) is 25.3 Å². The van der Waals surface area contributed by atoms with E-state index >= 15 is 0 Å². The number of hydrogen-bond acceptors (Lipinski definition) is 3. The van der Waals surface area contributed by atoms with Crippen molar-refractivity contribution >= 4 is 10.4 Å². The maximum atomic E-state index is 11.5. The summed E-state index contributed by atoms with van der Waals surface area (Å²) in [7, 11) is -5.03. The van der Waals surface area contributed by atoms with Crippen LogP contribution in [0.3, 0.4) is 0 Å². The highest BCUT2D eigenvalue weighted by atomic mass is 32.3. The van der Waals surface area contributed by atoms with Crippen LogP contribution in [0.15, 0.2) is 0 Å². The predicted octanol–water partition coefficient (Wildman–Crippen LogP) is 1.78. The Morgan fingerprint density at radius 2 is 1.62 bits per heavy atom. The Labute approximate surface area is 74.7 Å². The maximum absolute atomic E-state index is 11.5. The third-order valence-corrected chi connectivity index (χ3v) is 1.26. The van der Waals surface area contributed by atoms with Gasteiger partial charge in [-0.3, -0.25) is 4.55 Å². The van der Waals surface area contributed by atoms with Gasteiger partial charge in [-0.15, -0.1) is 0 Å². The molecule has 1 unspecified atom stereocenters. The molecule has 0 aliphatic heterocycles. The first-order valence-corrected chi connectivity index (χ1v) is 4.72. The van der Waals surface area contributed by atoms with Gasteiger partial charge in [0.15, 0.2) is 6.10 Å². The lowest BCUT2D eigenvalue weighted by molar-refractivity contribution is -0.189. The fourth-order valence-corrected chi connectivity index (χ4v) is 0.711. The molecule has 4 nitrogen and oxygen atoms in total. The highest BCUT2D eigenvalue weighted by molar-refractivity contribution is 7.80. The van der Waals surface area contributed by atoms with Crippen molar-refractivity contribution in [1.82, 2.24) is 0 Å². The summed E-state index contributed by atoms with van der Waals surface area (Å²) in [6.45, 7) is 4.47. The summed E-state index contributed by atoms with van der Waals surface area (Å²) in [5.41, 5.74) is 0. The van der Waals surface area contributed by atoms with E-state index in [2.05, 4.69) is 4.18 Å². The van der Waals surface area contributed by atoms with Crippen molar-refractivity contribution in [2.45, 2.75) is 33.1 Å². The van der Waals surface area contributed by atoms with E-state index in [1.165, 1.54) is 0 Å². The smallest absolute Gasteiger partial charge is 0.264 e. The molecule has 13 heavy (non-hydrogen) atoms. The Balaban J connectivity index is 0. The third-order valence-electron chi connectivity index (χ3n) is 0.727. The van der Waals surface area contributed by atoms with E-state index in [1.54, 1.807) is 0 Å². The molecule has 1 atom stereocenters. The zero-order valence-electron chi connectivity index (χ0n) is 7.29. The highest BCUT2D eigenvalue weighted by Gasteiger charge is 2.39. The molecular weight excluding hydrogens is 213 g/mol. The van der Waals surface area contributed by atoms with E-state index < -0.39 is 22.7 Å². The minimum Gasteiger partial charge on any atom is -0.264 e. The predicted molar refractivity (Wildman–Crippen MR) is 39.5 cm³/mol. The quantitative estimate of drug-likeness (QED) is 0.726. The molecule has 0 fully saturated rings. The van der Waals surface area contributed by atoms with Crippen LogP contribution in [0.1, 0.15) is 20.8 Å². The minimum absolute atomic E-state index is 0.466. The van der Waals surface area contributed by atoms with E-state index in [9.17, 15) is 21.6 Å². The van der Waals surface area contributed by atoms with Crippen LogP contribution in [0.2, 0.25) is 0 Å². The SMILES string of the molecule is CC.CC(OS(=O)(=O)O)C(F)(F)F. The van der Waals surface area contributed by atoms with Crippen molar-refractivity contribution in [2.24, 2.45) is 0 Å².